The molecule has 0 heterocycles. The highest BCUT2D eigenvalue weighted by atomic mass is 16.6. The quantitative estimate of drug-likeness (QED) is 0.483. The van der Waals surface area contributed by atoms with Gasteiger partial charge in [-0.1, -0.05) is 54.1 Å². The molecule has 0 aromatic heterocycles. The lowest BCUT2D eigenvalue weighted by atomic mass is 9.92. The van der Waals surface area contributed by atoms with E-state index in [-0.39, 0.29) is 0 Å². The van der Waals surface area contributed by atoms with E-state index in [1.807, 2.05) is 19.1 Å². The molecule has 2 aliphatic rings. The molecule has 24 heavy (non-hydrogen) atoms. The molecule has 1 spiro atoms. The molecule has 2 atom stereocenters. The Bertz CT molecular complexity index is 880. The van der Waals surface area contributed by atoms with Crippen LogP contribution in [0.15, 0.2) is 48.5 Å². The molecule has 0 bridgehead atoms. The van der Waals surface area contributed by atoms with E-state index >= 15 is 0 Å². The van der Waals surface area contributed by atoms with Crippen LogP contribution in [-0.2, 0) is 0 Å². The molecular formula is C19H15NO4. The summed E-state index contributed by atoms with van der Waals surface area (Å²) in [6.07, 6.45) is 0. The van der Waals surface area contributed by atoms with Crippen LogP contribution in [0, 0.1) is 22.5 Å². The molecule has 5 nitrogen and oxygen atoms in total. The Labute approximate surface area is 138 Å². The van der Waals surface area contributed by atoms with Gasteiger partial charge in [-0.2, -0.15) is 0 Å². The molecule has 5 heteroatoms. The minimum Gasteiger partial charge on any atom is -0.293 e. The lowest BCUT2D eigenvalue weighted by Gasteiger charge is -2.06. The minimum absolute atomic E-state index is 0.296. The van der Waals surface area contributed by atoms with Crippen molar-refractivity contribution in [3.8, 4) is 0 Å². The maximum Gasteiger partial charge on any atom is 0.248 e. The second kappa shape index (κ2) is 4.38. The van der Waals surface area contributed by atoms with Gasteiger partial charge in [0.1, 0.15) is 0 Å². The van der Waals surface area contributed by atoms with Gasteiger partial charge >= 0.3 is 0 Å². The standard InChI is InChI=1S/C19H15NO4/c1-11-7-9-12(10-8-11)15-18(2,20(23)24)19(15)16(21)13-5-3-4-6-14(13)17(19)22/h3-10,15H,1-2H3/t15-,18-/m0/s1. The third-order valence-electron chi connectivity index (χ3n) is 5.63. The first-order chi connectivity index (χ1) is 11.4. The molecule has 2 aromatic carbocycles. The van der Waals surface area contributed by atoms with E-state index in [9.17, 15) is 19.7 Å². The van der Waals surface area contributed by atoms with Crippen molar-refractivity contribution >= 4 is 11.6 Å². The summed E-state index contributed by atoms with van der Waals surface area (Å²) in [5, 5.41) is 11.8. The van der Waals surface area contributed by atoms with Crippen molar-refractivity contribution < 1.29 is 14.5 Å². The average Bonchev–Trinajstić information content (AvgIpc) is 3.09. The van der Waals surface area contributed by atoms with Gasteiger partial charge in [-0.05, 0) is 12.5 Å². The van der Waals surface area contributed by atoms with Gasteiger partial charge in [0.25, 0.3) is 0 Å². The predicted octanol–water partition coefficient (Wildman–Crippen LogP) is 3.19. The monoisotopic (exact) mass is 321 g/mol. The van der Waals surface area contributed by atoms with Crippen molar-refractivity contribution in [2.75, 3.05) is 0 Å². The number of fused-ring (bicyclic) bond motifs is 1. The minimum atomic E-state index is -1.62. The summed E-state index contributed by atoms with van der Waals surface area (Å²) in [7, 11) is 0. The van der Waals surface area contributed by atoms with Crippen LogP contribution in [0.1, 0.15) is 44.7 Å². The largest absolute Gasteiger partial charge is 0.293 e. The Morgan fingerprint density at radius 1 is 0.958 bits per heavy atom. The van der Waals surface area contributed by atoms with Crippen LogP contribution < -0.4 is 0 Å². The summed E-state index contributed by atoms with van der Waals surface area (Å²) >= 11 is 0. The van der Waals surface area contributed by atoms with E-state index in [4.69, 9.17) is 0 Å². The summed E-state index contributed by atoms with van der Waals surface area (Å²) in [4.78, 5) is 37.5. The Hall–Kier alpha value is -2.82. The third kappa shape index (κ3) is 1.40. The van der Waals surface area contributed by atoms with Crippen molar-refractivity contribution in [2.45, 2.75) is 25.3 Å². The summed E-state index contributed by atoms with van der Waals surface area (Å²) in [6, 6.07) is 13.8. The molecule has 0 unspecified atom stereocenters. The average molecular weight is 321 g/mol. The van der Waals surface area contributed by atoms with Crippen LogP contribution >= 0.6 is 0 Å². The number of hydrogen-bond donors (Lipinski definition) is 0. The summed E-state index contributed by atoms with van der Waals surface area (Å²) < 4.78 is 0. The zero-order chi connectivity index (χ0) is 17.3. The molecule has 4 rings (SSSR count). The number of aryl methyl sites for hydroxylation is 1. The highest BCUT2D eigenvalue weighted by Crippen LogP contribution is 2.73. The molecule has 0 saturated heterocycles. The molecule has 0 aliphatic heterocycles. The number of nitro groups is 1. The maximum absolute atomic E-state index is 13.0. The second-order valence-corrected chi connectivity index (χ2v) is 6.76. The lowest BCUT2D eigenvalue weighted by Crippen LogP contribution is -2.33. The van der Waals surface area contributed by atoms with Gasteiger partial charge in [0, 0.05) is 23.0 Å². The Morgan fingerprint density at radius 2 is 1.46 bits per heavy atom. The van der Waals surface area contributed by atoms with Crippen molar-refractivity contribution in [3.05, 3.63) is 80.9 Å². The topological polar surface area (TPSA) is 77.3 Å². The van der Waals surface area contributed by atoms with Crippen molar-refractivity contribution in [3.63, 3.8) is 0 Å². The van der Waals surface area contributed by atoms with Crippen LogP contribution in [0.25, 0.3) is 0 Å². The number of nitrogens with zero attached hydrogens (tertiary/aromatic N) is 1. The Morgan fingerprint density at radius 3 is 1.92 bits per heavy atom. The van der Waals surface area contributed by atoms with Gasteiger partial charge in [-0.15, -0.1) is 0 Å². The zero-order valence-corrected chi connectivity index (χ0v) is 13.3. The third-order valence-corrected chi connectivity index (χ3v) is 5.63. The number of rotatable bonds is 2. The first-order valence-electron chi connectivity index (χ1n) is 7.76. The summed E-state index contributed by atoms with van der Waals surface area (Å²) in [6.45, 7) is 3.33. The number of carbonyl (C=O) groups is 2. The molecule has 2 aromatic rings. The maximum atomic E-state index is 13.0. The van der Waals surface area contributed by atoms with Gasteiger partial charge < -0.3 is 0 Å². The molecule has 2 aliphatic carbocycles. The molecule has 0 amide bonds. The fourth-order valence-electron chi connectivity index (χ4n) is 4.32. The lowest BCUT2D eigenvalue weighted by molar-refractivity contribution is -0.539. The first-order valence-corrected chi connectivity index (χ1v) is 7.76. The van der Waals surface area contributed by atoms with Crippen molar-refractivity contribution in [1.29, 1.82) is 0 Å². The van der Waals surface area contributed by atoms with Crippen LogP contribution in [-0.4, -0.2) is 22.0 Å². The summed E-state index contributed by atoms with van der Waals surface area (Å²) in [5.41, 5.74) is -0.960. The first kappa shape index (κ1) is 14.8. The predicted molar refractivity (Wildman–Crippen MR) is 86.9 cm³/mol. The van der Waals surface area contributed by atoms with Gasteiger partial charge in [0.15, 0.2) is 17.0 Å². The van der Waals surface area contributed by atoms with E-state index in [1.54, 1.807) is 36.4 Å². The number of ketones is 2. The SMILES string of the molecule is Cc1ccc([C@@H]2C3(C(=O)c4ccccc4C3=O)[C@@]2(C)[N+](=O)[O-])cc1. The number of carbonyl (C=O) groups excluding carboxylic acids is 2. The number of benzene rings is 2. The second-order valence-electron chi connectivity index (χ2n) is 6.76. The summed E-state index contributed by atoms with van der Waals surface area (Å²) in [5.74, 6) is -1.59. The van der Waals surface area contributed by atoms with Crippen LogP contribution in [0.5, 0.6) is 0 Å². The van der Waals surface area contributed by atoms with Gasteiger partial charge in [0.2, 0.25) is 5.54 Å². The van der Waals surface area contributed by atoms with Gasteiger partial charge in [-0.3, -0.25) is 19.7 Å². The van der Waals surface area contributed by atoms with Gasteiger partial charge in [-0.25, -0.2) is 0 Å². The van der Waals surface area contributed by atoms with Crippen LogP contribution in [0.4, 0.5) is 0 Å². The van der Waals surface area contributed by atoms with Gasteiger partial charge in [0.05, 0.1) is 5.92 Å². The zero-order valence-electron chi connectivity index (χ0n) is 13.3. The molecule has 120 valence electrons. The number of hydrogen-bond acceptors (Lipinski definition) is 4. The molecule has 0 N–H and O–H groups in total. The number of Topliss-reactive ketones (excluding diaryl/α,β-unsaturated/α-hetero) is 2. The van der Waals surface area contributed by atoms with Crippen LogP contribution in [0.3, 0.4) is 0 Å². The molecule has 0 radical (unpaired) electrons. The van der Waals surface area contributed by atoms with E-state index in [0.29, 0.717) is 16.7 Å². The fourth-order valence-corrected chi connectivity index (χ4v) is 4.32. The molecule has 1 saturated carbocycles. The van der Waals surface area contributed by atoms with Crippen LogP contribution in [0.2, 0.25) is 0 Å². The highest BCUT2D eigenvalue weighted by molar-refractivity contribution is 6.33. The van der Waals surface area contributed by atoms with E-state index in [1.165, 1.54) is 6.92 Å². The molecular weight excluding hydrogens is 306 g/mol. The normalized spacial score (nSPS) is 26.5. The van der Waals surface area contributed by atoms with E-state index in [0.717, 1.165) is 5.56 Å². The smallest absolute Gasteiger partial charge is 0.248 e. The van der Waals surface area contributed by atoms with Crippen molar-refractivity contribution in [2.24, 2.45) is 5.41 Å². The Balaban J connectivity index is 1.94. The molecule has 1 fully saturated rings. The van der Waals surface area contributed by atoms with E-state index < -0.39 is 33.4 Å². The van der Waals surface area contributed by atoms with E-state index in [2.05, 4.69) is 0 Å². The Kier molecular flexibility index (Phi) is 2.69. The highest BCUT2D eigenvalue weighted by Gasteiger charge is 2.92. The fraction of sp³-hybridized carbons (Fsp3) is 0.263. The van der Waals surface area contributed by atoms with Crippen molar-refractivity contribution in [1.82, 2.24) is 0 Å².